The van der Waals surface area contributed by atoms with E-state index in [4.69, 9.17) is 0 Å². The van der Waals surface area contributed by atoms with E-state index < -0.39 is 0 Å². The van der Waals surface area contributed by atoms with Crippen molar-refractivity contribution < 1.29 is 0 Å². The van der Waals surface area contributed by atoms with Crippen LogP contribution >= 0.6 is 0 Å². The number of nitrogens with zero attached hydrogens (tertiary/aromatic N) is 2. The van der Waals surface area contributed by atoms with Crippen LogP contribution in [0.15, 0.2) is 10.9 Å². The lowest BCUT2D eigenvalue weighted by Gasteiger charge is -2.30. The van der Waals surface area contributed by atoms with Gasteiger partial charge in [-0.25, -0.2) is 0 Å². The van der Waals surface area contributed by atoms with Crippen molar-refractivity contribution in [2.24, 2.45) is 0 Å². The SMILES string of the molecule is CCCCNCc1cc2c(n(CCC)c1=O)CCN(CC)C2. The van der Waals surface area contributed by atoms with Crippen LogP contribution in [0.25, 0.3) is 0 Å². The number of unbranched alkanes of at least 4 members (excludes halogenated alkanes) is 1. The van der Waals surface area contributed by atoms with Crippen molar-refractivity contribution in [2.75, 3.05) is 19.6 Å². The Morgan fingerprint density at radius 2 is 2.05 bits per heavy atom. The third-order valence-electron chi connectivity index (χ3n) is 4.54. The molecule has 1 aromatic heterocycles. The molecule has 1 aliphatic heterocycles. The molecule has 0 saturated carbocycles. The van der Waals surface area contributed by atoms with Crippen molar-refractivity contribution >= 4 is 0 Å². The average molecular weight is 305 g/mol. The van der Waals surface area contributed by atoms with Gasteiger partial charge in [-0.05, 0) is 37.6 Å². The smallest absolute Gasteiger partial charge is 0.255 e. The Bertz CT molecular complexity index is 536. The average Bonchev–Trinajstić information content (AvgIpc) is 2.54. The number of aromatic nitrogens is 1. The molecular formula is C18H31N3O. The van der Waals surface area contributed by atoms with E-state index in [9.17, 15) is 4.79 Å². The second kappa shape index (κ2) is 8.49. The molecule has 4 nitrogen and oxygen atoms in total. The van der Waals surface area contributed by atoms with E-state index >= 15 is 0 Å². The van der Waals surface area contributed by atoms with Gasteiger partial charge in [0.05, 0.1) is 0 Å². The Morgan fingerprint density at radius 1 is 1.23 bits per heavy atom. The molecule has 0 radical (unpaired) electrons. The van der Waals surface area contributed by atoms with Crippen LogP contribution in [0, 0.1) is 0 Å². The van der Waals surface area contributed by atoms with Crippen molar-refractivity contribution in [3.8, 4) is 0 Å². The van der Waals surface area contributed by atoms with E-state index in [1.807, 2.05) is 4.57 Å². The summed E-state index contributed by atoms with van der Waals surface area (Å²) in [6.07, 6.45) is 4.36. The lowest BCUT2D eigenvalue weighted by Crippen LogP contribution is -2.37. The summed E-state index contributed by atoms with van der Waals surface area (Å²) >= 11 is 0. The number of fused-ring (bicyclic) bond motifs is 1. The monoisotopic (exact) mass is 305 g/mol. The van der Waals surface area contributed by atoms with Crippen LogP contribution in [0.4, 0.5) is 0 Å². The molecule has 4 heteroatoms. The van der Waals surface area contributed by atoms with Crippen LogP contribution in [0.3, 0.4) is 0 Å². The molecule has 0 bridgehead atoms. The number of rotatable bonds is 8. The van der Waals surface area contributed by atoms with Gasteiger partial charge >= 0.3 is 0 Å². The van der Waals surface area contributed by atoms with Gasteiger partial charge in [0.2, 0.25) is 0 Å². The number of hydrogen-bond donors (Lipinski definition) is 1. The van der Waals surface area contributed by atoms with E-state index in [0.29, 0.717) is 6.54 Å². The molecule has 0 saturated heterocycles. The predicted octanol–water partition coefficient (Wildman–Crippen LogP) is 2.53. The first kappa shape index (κ1) is 17.2. The Kier molecular flexibility index (Phi) is 6.65. The Morgan fingerprint density at radius 3 is 2.73 bits per heavy atom. The van der Waals surface area contributed by atoms with Gasteiger partial charge in [0.1, 0.15) is 0 Å². The first-order valence-corrected chi connectivity index (χ1v) is 8.88. The molecule has 1 aromatic rings. The van der Waals surface area contributed by atoms with Crippen molar-refractivity contribution in [2.45, 2.75) is 66.1 Å². The summed E-state index contributed by atoms with van der Waals surface area (Å²) in [5.41, 5.74) is 3.78. The van der Waals surface area contributed by atoms with E-state index in [-0.39, 0.29) is 5.56 Å². The third kappa shape index (κ3) is 3.99. The molecular weight excluding hydrogens is 274 g/mol. The molecule has 0 aromatic carbocycles. The molecule has 22 heavy (non-hydrogen) atoms. The standard InChI is InChI=1S/C18H31N3O/c1-4-7-9-19-13-15-12-16-14-20(6-3)11-8-17(16)21(10-5-2)18(15)22/h12,19H,4-11,13-14H2,1-3H3. The summed E-state index contributed by atoms with van der Waals surface area (Å²) in [4.78, 5) is 15.2. The van der Waals surface area contributed by atoms with Crippen LogP contribution in [0.2, 0.25) is 0 Å². The van der Waals surface area contributed by atoms with E-state index in [0.717, 1.165) is 57.5 Å². The first-order chi connectivity index (χ1) is 10.7. The molecule has 1 N–H and O–H groups in total. The van der Waals surface area contributed by atoms with Crippen LogP contribution in [-0.4, -0.2) is 29.1 Å². The van der Waals surface area contributed by atoms with Gasteiger partial charge in [0.15, 0.2) is 0 Å². The number of nitrogens with one attached hydrogen (secondary N) is 1. The Labute approximate surface area is 134 Å². The summed E-state index contributed by atoms with van der Waals surface area (Å²) < 4.78 is 2.04. The highest BCUT2D eigenvalue weighted by atomic mass is 16.1. The van der Waals surface area contributed by atoms with Crippen LogP contribution in [0.5, 0.6) is 0 Å². The first-order valence-electron chi connectivity index (χ1n) is 8.88. The highest BCUT2D eigenvalue weighted by molar-refractivity contribution is 5.29. The highest BCUT2D eigenvalue weighted by Crippen LogP contribution is 2.19. The number of hydrogen-bond acceptors (Lipinski definition) is 3. The number of pyridine rings is 1. The quantitative estimate of drug-likeness (QED) is 0.750. The zero-order valence-corrected chi connectivity index (χ0v) is 14.5. The fraction of sp³-hybridized carbons (Fsp3) is 0.722. The minimum absolute atomic E-state index is 0.217. The number of likely N-dealkylation sites (N-methyl/N-ethyl adjacent to an activating group) is 1. The normalized spacial score (nSPS) is 15.0. The maximum Gasteiger partial charge on any atom is 0.255 e. The van der Waals surface area contributed by atoms with Crippen LogP contribution in [0.1, 0.15) is 56.9 Å². The van der Waals surface area contributed by atoms with E-state index in [1.165, 1.54) is 17.7 Å². The lowest BCUT2D eigenvalue weighted by molar-refractivity contribution is 0.261. The second-order valence-corrected chi connectivity index (χ2v) is 6.25. The second-order valence-electron chi connectivity index (χ2n) is 6.25. The third-order valence-corrected chi connectivity index (χ3v) is 4.54. The molecule has 1 aliphatic rings. The fourth-order valence-electron chi connectivity index (χ4n) is 3.22. The maximum absolute atomic E-state index is 12.8. The molecule has 0 atom stereocenters. The highest BCUT2D eigenvalue weighted by Gasteiger charge is 2.20. The van der Waals surface area contributed by atoms with Crippen LogP contribution in [-0.2, 0) is 26.1 Å². The van der Waals surface area contributed by atoms with E-state index in [2.05, 4.69) is 37.1 Å². The predicted molar refractivity (Wildman–Crippen MR) is 92.3 cm³/mol. The zero-order chi connectivity index (χ0) is 15.9. The summed E-state index contributed by atoms with van der Waals surface area (Å²) in [7, 11) is 0. The van der Waals surface area contributed by atoms with Gasteiger partial charge in [0.25, 0.3) is 5.56 Å². The van der Waals surface area contributed by atoms with Gasteiger partial charge in [-0.15, -0.1) is 0 Å². The lowest BCUT2D eigenvalue weighted by atomic mass is 10.0. The van der Waals surface area contributed by atoms with Crippen molar-refractivity contribution in [1.29, 1.82) is 0 Å². The van der Waals surface area contributed by atoms with Gasteiger partial charge in [0, 0.05) is 43.9 Å². The molecule has 0 amide bonds. The molecule has 0 fully saturated rings. The molecule has 2 rings (SSSR count). The summed E-state index contributed by atoms with van der Waals surface area (Å²) in [6, 6.07) is 2.16. The summed E-state index contributed by atoms with van der Waals surface area (Å²) in [6.45, 7) is 12.2. The van der Waals surface area contributed by atoms with Crippen molar-refractivity contribution in [3.05, 3.63) is 33.2 Å². The maximum atomic E-state index is 12.8. The molecule has 2 heterocycles. The topological polar surface area (TPSA) is 37.3 Å². The Balaban J connectivity index is 2.26. The fourth-order valence-corrected chi connectivity index (χ4v) is 3.22. The molecule has 0 unspecified atom stereocenters. The minimum atomic E-state index is 0.217. The summed E-state index contributed by atoms with van der Waals surface area (Å²) in [5.74, 6) is 0. The van der Waals surface area contributed by atoms with Gasteiger partial charge in [-0.3, -0.25) is 9.69 Å². The zero-order valence-electron chi connectivity index (χ0n) is 14.5. The van der Waals surface area contributed by atoms with E-state index in [1.54, 1.807) is 0 Å². The largest absolute Gasteiger partial charge is 0.312 e. The van der Waals surface area contributed by atoms with Crippen LogP contribution < -0.4 is 10.9 Å². The van der Waals surface area contributed by atoms with Gasteiger partial charge in [-0.2, -0.15) is 0 Å². The van der Waals surface area contributed by atoms with Gasteiger partial charge < -0.3 is 9.88 Å². The molecule has 0 spiro atoms. The molecule has 124 valence electrons. The molecule has 0 aliphatic carbocycles. The van der Waals surface area contributed by atoms with Crippen molar-refractivity contribution in [3.63, 3.8) is 0 Å². The van der Waals surface area contributed by atoms with Gasteiger partial charge in [-0.1, -0.05) is 27.2 Å². The Hall–Kier alpha value is -1.13. The summed E-state index contributed by atoms with van der Waals surface area (Å²) in [5, 5.41) is 3.42. The minimum Gasteiger partial charge on any atom is -0.312 e. The van der Waals surface area contributed by atoms with Crippen molar-refractivity contribution in [1.82, 2.24) is 14.8 Å².